The molecule has 0 saturated heterocycles. The zero-order chi connectivity index (χ0) is 14.4. The third kappa shape index (κ3) is 4.15. The van der Waals surface area contributed by atoms with Gasteiger partial charge in [0.15, 0.2) is 0 Å². The summed E-state index contributed by atoms with van der Waals surface area (Å²) in [7, 11) is 0. The van der Waals surface area contributed by atoms with E-state index in [1.165, 1.54) is 23.3 Å². The summed E-state index contributed by atoms with van der Waals surface area (Å²) in [6.45, 7) is 3.38. The highest BCUT2D eigenvalue weighted by molar-refractivity contribution is 5.25. The number of hydrogen-bond acceptors (Lipinski definition) is 2. The standard InChI is InChI=1S/C17H20FNO/c1-13-4-2-3-5-14(13)10-11-19-12-17(20)15-6-8-16(18)9-7-15/h2-9,17,19-20H,10-12H2,1H3. The number of hydrogen-bond donors (Lipinski definition) is 2. The smallest absolute Gasteiger partial charge is 0.123 e. The number of aliphatic hydroxyl groups is 1. The molecular formula is C17H20FNO. The summed E-state index contributed by atoms with van der Waals surface area (Å²) < 4.78 is 12.8. The fourth-order valence-electron chi connectivity index (χ4n) is 2.16. The minimum atomic E-state index is -0.604. The third-order valence-electron chi connectivity index (χ3n) is 3.42. The van der Waals surface area contributed by atoms with Crippen LogP contribution in [0.4, 0.5) is 4.39 Å². The zero-order valence-corrected chi connectivity index (χ0v) is 11.6. The van der Waals surface area contributed by atoms with Crippen molar-refractivity contribution >= 4 is 0 Å². The van der Waals surface area contributed by atoms with Crippen LogP contribution in [0.5, 0.6) is 0 Å². The van der Waals surface area contributed by atoms with Gasteiger partial charge in [0.25, 0.3) is 0 Å². The predicted octanol–water partition coefficient (Wildman–Crippen LogP) is 3.00. The SMILES string of the molecule is Cc1ccccc1CCNCC(O)c1ccc(F)cc1. The molecule has 0 amide bonds. The number of aliphatic hydroxyl groups excluding tert-OH is 1. The molecule has 1 unspecified atom stereocenters. The van der Waals surface area contributed by atoms with Gasteiger partial charge in [0.1, 0.15) is 5.82 Å². The minimum absolute atomic E-state index is 0.284. The molecule has 3 heteroatoms. The van der Waals surface area contributed by atoms with E-state index in [1.807, 2.05) is 12.1 Å². The number of rotatable bonds is 6. The normalized spacial score (nSPS) is 12.3. The highest BCUT2D eigenvalue weighted by atomic mass is 19.1. The average Bonchev–Trinajstić information content (AvgIpc) is 2.46. The summed E-state index contributed by atoms with van der Waals surface area (Å²) in [6.07, 6.45) is 0.329. The molecule has 20 heavy (non-hydrogen) atoms. The van der Waals surface area contributed by atoms with Gasteiger partial charge in [0.05, 0.1) is 6.10 Å². The summed E-state index contributed by atoms with van der Waals surface area (Å²) in [5, 5.41) is 13.2. The Hall–Kier alpha value is -1.71. The molecule has 0 saturated carbocycles. The van der Waals surface area contributed by atoms with E-state index in [-0.39, 0.29) is 5.82 Å². The van der Waals surface area contributed by atoms with Crippen molar-refractivity contribution < 1.29 is 9.50 Å². The Balaban J connectivity index is 1.76. The van der Waals surface area contributed by atoms with E-state index in [2.05, 4.69) is 24.4 Å². The average molecular weight is 273 g/mol. The molecule has 0 aliphatic carbocycles. The van der Waals surface area contributed by atoms with Crippen LogP contribution in [0.3, 0.4) is 0 Å². The third-order valence-corrected chi connectivity index (χ3v) is 3.42. The molecule has 2 nitrogen and oxygen atoms in total. The second-order valence-corrected chi connectivity index (χ2v) is 4.95. The monoisotopic (exact) mass is 273 g/mol. The number of aryl methyl sites for hydroxylation is 1. The van der Waals surface area contributed by atoms with Crippen LogP contribution < -0.4 is 5.32 Å². The second kappa shape index (κ2) is 7.17. The van der Waals surface area contributed by atoms with Crippen LogP contribution in [0.25, 0.3) is 0 Å². The first-order chi connectivity index (χ1) is 9.66. The summed E-state index contributed by atoms with van der Waals surface area (Å²) in [5.41, 5.74) is 3.33. The Bertz CT molecular complexity index is 539. The van der Waals surface area contributed by atoms with E-state index in [0.29, 0.717) is 6.54 Å². The minimum Gasteiger partial charge on any atom is -0.387 e. The lowest BCUT2D eigenvalue weighted by molar-refractivity contribution is 0.175. The second-order valence-electron chi connectivity index (χ2n) is 4.95. The molecule has 2 N–H and O–H groups in total. The van der Waals surface area contributed by atoms with Gasteiger partial charge >= 0.3 is 0 Å². The Morgan fingerprint density at radius 1 is 1.10 bits per heavy atom. The topological polar surface area (TPSA) is 32.3 Å². The molecule has 0 aliphatic rings. The van der Waals surface area contributed by atoms with E-state index in [9.17, 15) is 9.50 Å². The van der Waals surface area contributed by atoms with Gasteiger partial charge in [-0.05, 0) is 48.7 Å². The van der Waals surface area contributed by atoms with Crippen molar-refractivity contribution in [2.45, 2.75) is 19.4 Å². The molecule has 0 aromatic heterocycles. The first kappa shape index (κ1) is 14.7. The molecule has 106 valence electrons. The fraction of sp³-hybridized carbons (Fsp3) is 0.294. The molecule has 2 rings (SSSR count). The van der Waals surface area contributed by atoms with Crippen LogP contribution in [0, 0.1) is 12.7 Å². The Morgan fingerprint density at radius 2 is 1.80 bits per heavy atom. The molecule has 2 aromatic rings. The molecule has 0 radical (unpaired) electrons. The van der Waals surface area contributed by atoms with Crippen LogP contribution >= 0.6 is 0 Å². The maximum atomic E-state index is 12.8. The van der Waals surface area contributed by atoms with Crippen molar-refractivity contribution in [1.29, 1.82) is 0 Å². The van der Waals surface area contributed by atoms with Crippen LogP contribution in [0.2, 0.25) is 0 Å². The maximum absolute atomic E-state index is 12.8. The van der Waals surface area contributed by atoms with Crippen molar-refractivity contribution in [3.63, 3.8) is 0 Å². The van der Waals surface area contributed by atoms with Crippen molar-refractivity contribution in [3.8, 4) is 0 Å². The van der Waals surface area contributed by atoms with E-state index in [0.717, 1.165) is 18.5 Å². The highest BCUT2D eigenvalue weighted by Crippen LogP contribution is 2.12. The molecular weight excluding hydrogens is 253 g/mol. The number of benzene rings is 2. The lowest BCUT2D eigenvalue weighted by Crippen LogP contribution is -2.23. The van der Waals surface area contributed by atoms with Gasteiger partial charge in [-0.2, -0.15) is 0 Å². The van der Waals surface area contributed by atoms with Gasteiger partial charge < -0.3 is 10.4 Å². The van der Waals surface area contributed by atoms with Gasteiger partial charge in [-0.25, -0.2) is 4.39 Å². The number of halogens is 1. The molecule has 2 aromatic carbocycles. The fourth-order valence-corrected chi connectivity index (χ4v) is 2.16. The molecule has 0 bridgehead atoms. The number of nitrogens with one attached hydrogen (secondary N) is 1. The maximum Gasteiger partial charge on any atom is 0.123 e. The largest absolute Gasteiger partial charge is 0.387 e. The molecule has 0 aliphatic heterocycles. The first-order valence-electron chi connectivity index (χ1n) is 6.85. The first-order valence-corrected chi connectivity index (χ1v) is 6.85. The summed E-state index contributed by atoms with van der Waals surface area (Å²) >= 11 is 0. The van der Waals surface area contributed by atoms with E-state index >= 15 is 0 Å². The van der Waals surface area contributed by atoms with Gasteiger partial charge in [-0.15, -0.1) is 0 Å². The summed E-state index contributed by atoms with van der Waals surface area (Å²) in [4.78, 5) is 0. The molecule has 1 atom stereocenters. The molecule has 0 fully saturated rings. The lowest BCUT2D eigenvalue weighted by Gasteiger charge is -2.12. The Labute approximate surface area is 119 Å². The van der Waals surface area contributed by atoms with Crippen molar-refractivity contribution in [2.24, 2.45) is 0 Å². The molecule has 0 heterocycles. The van der Waals surface area contributed by atoms with Crippen molar-refractivity contribution in [3.05, 3.63) is 71.0 Å². The van der Waals surface area contributed by atoms with E-state index in [1.54, 1.807) is 12.1 Å². The predicted molar refractivity (Wildman–Crippen MR) is 79.1 cm³/mol. The van der Waals surface area contributed by atoms with Crippen LogP contribution in [0.15, 0.2) is 48.5 Å². The van der Waals surface area contributed by atoms with Crippen molar-refractivity contribution in [2.75, 3.05) is 13.1 Å². The van der Waals surface area contributed by atoms with Gasteiger partial charge in [0, 0.05) is 6.54 Å². The quantitative estimate of drug-likeness (QED) is 0.793. The summed E-state index contributed by atoms with van der Waals surface area (Å²) in [5.74, 6) is -0.284. The zero-order valence-electron chi connectivity index (χ0n) is 11.6. The van der Waals surface area contributed by atoms with Crippen LogP contribution in [-0.2, 0) is 6.42 Å². The van der Waals surface area contributed by atoms with E-state index in [4.69, 9.17) is 0 Å². The van der Waals surface area contributed by atoms with E-state index < -0.39 is 6.10 Å². The van der Waals surface area contributed by atoms with Gasteiger partial charge in [-0.3, -0.25) is 0 Å². The molecule has 0 spiro atoms. The lowest BCUT2D eigenvalue weighted by atomic mass is 10.1. The Morgan fingerprint density at radius 3 is 2.50 bits per heavy atom. The van der Waals surface area contributed by atoms with Crippen LogP contribution in [-0.4, -0.2) is 18.2 Å². The van der Waals surface area contributed by atoms with Crippen LogP contribution in [0.1, 0.15) is 22.8 Å². The van der Waals surface area contributed by atoms with Gasteiger partial charge in [-0.1, -0.05) is 36.4 Å². The highest BCUT2D eigenvalue weighted by Gasteiger charge is 2.06. The summed E-state index contributed by atoms with van der Waals surface area (Å²) in [6, 6.07) is 14.3. The van der Waals surface area contributed by atoms with Crippen molar-refractivity contribution in [1.82, 2.24) is 5.32 Å². The van der Waals surface area contributed by atoms with Gasteiger partial charge in [0.2, 0.25) is 0 Å². The Kier molecular flexibility index (Phi) is 5.27.